The monoisotopic (exact) mass is 270 g/mol. The zero-order chi connectivity index (χ0) is 14.1. The SMILES string of the molecule is Cc1c(O)cc(O)c2c1OC(Oc1ccccc1)C=C2. The van der Waals surface area contributed by atoms with Crippen LogP contribution in [0.2, 0.25) is 0 Å². The summed E-state index contributed by atoms with van der Waals surface area (Å²) in [5, 5.41) is 19.5. The third-order valence-electron chi connectivity index (χ3n) is 3.17. The summed E-state index contributed by atoms with van der Waals surface area (Å²) in [6.45, 7) is 1.73. The molecule has 0 aromatic heterocycles. The first-order chi connectivity index (χ1) is 9.65. The van der Waals surface area contributed by atoms with Crippen molar-refractivity contribution in [2.45, 2.75) is 13.2 Å². The number of benzene rings is 2. The summed E-state index contributed by atoms with van der Waals surface area (Å²) >= 11 is 0. The van der Waals surface area contributed by atoms with Crippen LogP contribution >= 0.6 is 0 Å². The maximum Gasteiger partial charge on any atom is 0.260 e. The van der Waals surface area contributed by atoms with Crippen molar-refractivity contribution in [2.24, 2.45) is 0 Å². The Hall–Kier alpha value is -2.62. The smallest absolute Gasteiger partial charge is 0.260 e. The van der Waals surface area contributed by atoms with Crippen molar-refractivity contribution in [3.8, 4) is 23.0 Å². The third-order valence-corrected chi connectivity index (χ3v) is 3.17. The van der Waals surface area contributed by atoms with Crippen molar-refractivity contribution in [3.63, 3.8) is 0 Å². The third kappa shape index (κ3) is 2.16. The van der Waals surface area contributed by atoms with Crippen molar-refractivity contribution < 1.29 is 19.7 Å². The Kier molecular flexibility index (Phi) is 2.99. The fraction of sp³-hybridized carbons (Fsp3) is 0.125. The van der Waals surface area contributed by atoms with Crippen LogP contribution in [0.1, 0.15) is 11.1 Å². The minimum absolute atomic E-state index is 0.00462. The molecular formula is C16H14O4. The molecule has 4 heteroatoms. The molecule has 2 aromatic rings. The van der Waals surface area contributed by atoms with Gasteiger partial charge in [-0.25, -0.2) is 0 Å². The Morgan fingerprint density at radius 2 is 1.85 bits per heavy atom. The summed E-state index contributed by atoms with van der Waals surface area (Å²) in [6, 6.07) is 10.6. The average Bonchev–Trinajstić information content (AvgIpc) is 2.46. The van der Waals surface area contributed by atoms with Gasteiger partial charge in [0.05, 0.1) is 5.56 Å². The van der Waals surface area contributed by atoms with E-state index in [1.54, 1.807) is 19.1 Å². The van der Waals surface area contributed by atoms with Crippen molar-refractivity contribution in [2.75, 3.05) is 0 Å². The van der Waals surface area contributed by atoms with Crippen LogP contribution in [-0.4, -0.2) is 16.5 Å². The van der Waals surface area contributed by atoms with Gasteiger partial charge in [-0.2, -0.15) is 0 Å². The summed E-state index contributed by atoms with van der Waals surface area (Å²) in [4.78, 5) is 0. The molecule has 0 bridgehead atoms. The van der Waals surface area contributed by atoms with E-state index in [4.69, 9.17) is 9.47 Å². The number of phenols is 2. The number of hydrogen-bond acceptors (Lipinski definition) is 4. The highest BCUT2D eigenvalue weighted by Gasteiger charge is 2.22. The fourth-order valence-electron chi connectivity index (χ4n) is 2.09. The lowest BCUT2D eigenvalue weighted by atomic mass is 10.1. The van der Waals surface area contributed by atoms with Gasteiger partial charge >= 0.3 is 0 Å². The van der Waals surface area contributed by atoms with Crippen molar-refractivity contribution >= 4 is 6.08 Å². The molecule has 4 nitrogen and oxygen atoms in total. The number of para-hydroxylation sites is 1. The first kappa shape index (κ1) is 12.4. The lowest BCUT2D eigenvalue weighted by Crippen LogP contribution is -2.24. The molecule has 0 spiro atoms. The maximum atomic E-state index is 9.81. The van der Waals surface area contributed by atoms with E-state index < -0.39 is 6.29 Å². The number of ether oxygens (including phenoxy) is 2. The predicted molar refractivity (Wildman–Crippen MR) is 75.0 cm³/mol. The standard InChI is InChI=1S/C16H14O4/c1-10-13(17)9-14(18)12-7-8-15(20-16(10)12)19-11-5-3-2-4-6-11/h2-9,15,17-18H,1H3. The Morgan fingerprint density at radius 3 is 2.60 bits per heavy atom. The van der Waals surface area contributed by atoms with E-state index in [0.29, 0.717) is 22.6 Å². The summed E-state index contributed by atoms with van der Waals surface area (Å²) < 4.78 is 11.4. The van der Waals surface area contributed by atoms with Crippen molar-refractivity contribution in [1.82, 2.24) is 0 Å². The molecule has 1 aliphatic rings. The second kappa shape index (κ2) is 4.81. The summed E-state index contributed by atoms with van der Waals surface area (Å²) in [6.07, 6.45) is 2.85. The minimum atomic E-state index is -0.593. The van der Waals surface area contributed by atoms with Crippen LogP contribution in [0.5, 0.6) is 23.0 Å². The second-order valence-electron chi connectivity index (χ2n) is 4.56. The van der Waals surface area contributed by atoms with E-state index in [9.17, 15) is 10.2 Å². The molecule has 0 radical (unpaired) electrons. The number of fused-ring (bicyclic) bond motifs is 1. The van der Waals surface area contributed by atoms with Gasteiger partial charge in [-0.15, -0.1) is 0 Å². The maximum absolute atomic E-state index is 9.81. The van der Waals surface area contributed by atoms with Gasteiger partial charge < -0.3 is 19.7 Å². The van der Waals surface area contributed by atoms with E-state index in [-0.39, 0.29) is 11.5 Å². The average molecular weight is 270 g/mol. The molecule has 0 aliphatic carbocycles. The van der Waals surface area contributed by atoms with Gasteiger partial charge in [-0.1, -0.05) is 18.2 Å². The second-order valence-corrected chi connectivity index (χ2v) is 4.56. The molecule has 1 atom stereocenters. The van der Waals surface area contributed by atoms with Gasteiger partial charge in [-0.3, -0.25) is 0 Å². The van der Waals surface area contributed by atoms with Crippen LogP contribution in [0.25, 0.3) is 6.08 Å². The molecule has 102 valence electrons. The Labute approximate surface area is 116 Å². The highest BCUT2D eigenvalue weighted by molar-refractivity contribution is 5.70. The molecule has 0 amide bonds. The molecule has 2 N–H and O–H groups in total. The normalized spacial score (nSPS) is 16.4. The lowest BCUT2D eigenvalue weighted by molar-refractivity contribution is 0.0444. The number of aromatic hydroxyl groups is 2. The van der Waals surface area contributed by atoms with Gasteiger partial charge in [0, 0.05) is 11.6 Å². The summed E-state index contributed by atoms with van der Waals surface area (Å²) in [7, 11) is 0. The topological polar surface area (TPSA) is 58.9 Å². The van der Waals surface area contributed by atoms with E-state index in [1.165, 1.54) is 6.07 Å². The molecular weight excluding hydrogens is 256 g/mol. The first-order valence-electron chi connectivity index (χ1n) is 6.27. The van der Waals surface area contributed by atoms with Gasteiger partial charge in [0.2, 0.25) is 0 Å². The fourth-order valence-corrected chi connectivity index (χ4v) is 2.09. The zero-order valence-corrected chi connectivity index (χ0v) is 10.9. The van der Waals surface area contributed by atoms with E-state index in [1.807, 2.05) is 30.3 Å². The molecule has 3 rings (SSSR count). The van der Waals surface area contributed by atoms with Crippen molar-refractivity contribution in [3.05, 3.63) is 53.6 Å². The largest absolute Gasteiger partial charge is 0.507 e. The van der Waals surface area contributed by atoms with E-state index in [2.05, 4.69) is 0 Å². The van der Waals surface area contributed by atoms with Crippen molar-refractivity contribution in [1.29, 1.82) is 0 Å². The first-order valence-corrected chi connectivity index (χ1v) is 6.27. The highest BCUT2D eigenvalue weighted by atomic mass is 16.7. The molecule has 2 aromatic carbocycles. The quantitative estimate of drug-likeness (QED) is 0.879. The van der Waals surface area contributed by atoms with E-state index >= 15 is 0 Å². The number of rotatable bonds is 2. The highest BCUT2D eigenvalue weighted by Crippen LogP contribution is 2.41. The molecule has 1 heterocycles. The zero-order valence-electron chi connectivity index (χ0n) is 10.9. The Balaban J connectivity index is 1.89. The van der Waals surface area contributed by atoms with Gasteiger partial charge in [0.1, 0.15) is 23.0 Å². The Morgan fingerprint density at radius 1 is 1.10 bits per heavy atom. The van der Waals surface area contributed by atoms with Gasteiger partial charge in [-0.05, 0) is 31.2 Å². The van der Waals surface area contributed by atoms with E-state index in [0.717, 1.165) is 0 Å². The molecule has 0 saturated heterocycles. The van der Waals surface area contributed by atoms with Crippen LogP contribution in [-0.2, 0) is 0 Å². The number of phenolic OH excluding ortho intramolecular Hbond substituents is 2. The van der Waals surface area contributed by atoms with Gasteiger partial charge in [0.15, 0.2) is 0 Å². The van der Waals surface area contributed by atoms with Crippen LogP contribution in [0.15, 0.2) is 42.5 Å². The molecule has 0 saturated carbocycles. The lowest BCUT2D eigenvalue weighted by Gasteiger charge is -2.24. The summed E-state index contributed by atoms with van der Waals surface area (Å²) in [5.41, 5.74) is 1.12. The summed E-state index contributed by atoms with van der Waals surface area (Å²) in [5.74, 6) is 1.10. The molecule has 1 unspecified atom stereocenters. The van der Waals surface area contributed by atoms with Crippen LogP contribution in [0, 0.1) is 6.92 Å². The molecule has 0 fully saturated rings. The van der Waals surface area contributed by atoms with Crippen LogP contribution in [0.4, 0.5) is 0 Å². The number of hydrogen-bond donors (Lipinski definition) is 2. The Bertz CT molecular complexity index is 662. The van der Waals surface area contributed by atoms with Crippen LogP contribution in [0.3, 0.4) is 0 Å². The minimum Gasteiger partial charge on any atom is -0.507 e. The molecule has 1 aliphatic heterocycles. The van der Waals surface area contributed by atoms with Crippen LogP contribution < -0.4 is 9.47 Å². The molecule has 20 heavy (non-hydrogen) atoms. The van der Waals surface area contributed by atoms with Gasteiger partial charge in [0.25, 0.3) is 6.29 Å². The predicted octanol–water partition coefficient (Wildman–Crippen LogP) is 3.22.